The average molecular weight is 195 g/mol. The zero-order valence-corrected chi connectivity index (χ0v) is 7.46. The van der Waals surface area contributed by atoms with Gasteiger partial charge in [-0.25, -0.2) is 4.98 Å². The molecule has 1 amide bonds. The number of nitrogens with one attached hydrogen (secondary N) is 2. The molecule has 0 aliphatic carbocycles. The Bertz CT molecular complexity index is 352. The van der Waals surface area contributed by atoms with Gasteiger partial charge in [-0.3, -0.25) is 4.79 Å². The van der Waals surface area contributed by atoms with Gasteiger partial charge in [0, 0.05) is 13.1 Å². The fourth-order valence-corrected chi connectivity index (χ4v) is 1.18. The molecule has 0 saturated carbocycles. The Morgan fingerprint density at radius 3 is 2.93 bits per heavy atom. The van der Waals surface area contributed by atoms with E-state index in [2.05, 4.69) is 15.6 Å². The monoisotopic (exact) mass is 195 g/mol. The van der Waals surface area contributed by atoms with E-state index >= 15 is 0 Å². The maximum absolute atomic E-state index is 12.6. The first-order valence-corrected chi connectivity index (χ1v) is 4.40. The molecule has 1 aromatic rings. The predicted molar refractivity (Wildman–Crippen MR) is 49.2 cm³/mol. The van der Waals surface area contributed by atoms with Crippen LogP contribution in [0.25, 0.3) is 0 Å². The van der Waals surface area contributed by atoms with Crippen LogP contribution in [0.5, 0.6) is 0 Å². The number of halogens is 1. The molecule has 0 bridgehead atoms. The van der Waals surface area contributed by atoms with Crippen molar-refractivity contribution < 1.29 is 9.18 Å². The Labute approximate surface area is 80.5 Å². The number of hydrogen-bond donors (Lipinski definition) is 2. The van der Waals surface area contributed by atoms with Gasteiger partial charge in [0.05, 0.1) is 5.92 Å². The van der Waals surface area contributed by atoms with Crippen molar-refractivity contribution in [2.24, 2.45) is 5.92 Å². The number of carbonyl (C=O) groups is 1. The molecule has 1 aliphatic rings. The van der Waals surface area contributed by atoms with Crippen LogP contribution < -0.4 is 10.6 Å². The summed E-state index contributed by atoms with van der Waals surface area (Å²) in [5.74, 6) is -0.446. The van der Waals surface area contributed by atoms with E-state index in [-0.39, 0.29) is 17.6 Å². The predicted octanol–water partition coefficient (Wildman–Crippen LogP) is 0.379. The van der Waals surface area contributed by atoms with Crippen LogP contribution in [-0.2, 0) is 4.79 Å². The van der Waals surface area contributed by atoms with Crippen LogP contribution in [0.3, 0.4) is 0 Å². The van der Waals surface area contributed by atoms with Crippen molar-refractivity contribution in [2.45, 2.75) is 0 Å². The maximum atomic E-state index is 12.6. The number of anilines is 1. The first-order valence-electron chi connectivity index (χ1n) is 4.40. The summed E-state index contributed by atoms with van der Waals surface area (Å²) in [4.78, 5) is 14.9. The lowest BCUT2D eigenvalue weighted by atomic mass is 10.0. The van der Waals surface area contributed by atoms with Crippen LogP contribution in [0.4, 0.5) is 10.2 Å². The largest absolute Gasteiger partial charge is 0.315 e. The molecule has 2 rings (SSSR count). The van der Waals surface area contributed by atoms with E-state index in [1.54, 1.807) is 6.07 Å². The number of nitrogens with zero attached hydrogens (tertiary/aromatic N) is 1. The SMILES string of the molecule is O=C(Nc1cccc(F)n1)C1CNC1. The molecule has 1 aliphatic heterocycles. The minimum atomic E-state index is -0.588. The Kier molecular flexibility index (Phi) is 2.41. The summed E-state index contributed by atoms with van der Waals surface area (Å²) in [6.45, 7) is 1.36. The van der Waals surface area contributed by atoms with E-state index in [1.165, 1.54) is 12.1 Å². The third-order valence-electron chi connectivity index (χ3n) is 2.12. The third-order valence-corrected chi connectivity index (χ3v) is 2.12. The van der Waals surface area contributed by atoms with Gasteiger partial charge in [-0.15, -0.1) is 0 Å². The van der Waals surface area contributed by atoms with E-state index < -0.39 is 5.95 Å². The van der Waals surface area contributed by atoms with E-state index in [4.69, 9.17) is 0 Å². The summed E-state index contributed by atoms with van der Waals surface area (Å²) in [5, 5.41) is 5.54. The Morgan fingerprint density at radius 2 is 2.36 bits per heavy atom. The highest BCUT2D eigenvalue weighted by Crippen LogP contribution is 2.08. The van der Waals surface area contributed by atoms with Crippen LogP contribution >= 0.6 is 0 Å². The number of hydrogen-bond acceptors (Lipinski definition) is 3. The molecule has 0 unspecified atom stereocenters. The maximum Gasteiger partial charge on any atom is 0.231 e. The van der Waals surface area contributed by atoms with Crippen LogP contribution in [0, 0.1) is 11.9 Å². The van der Waals surface area contributed by atoms with Crippen LogP contribution in [0.15, 0.2) is 18.2 Å². The highest BCUT2D eigenvalue weighted by molar-refractivity contribution is 5.92. The molecular formula is C9H10FN3O. The van der Waals surface area contributed by atoms with E-state index in [1.807, 2.05) is 0 Å². The van der Waals surface area contributed by atoms with Gasteiger partial charge in [-0.1, -0.05) is 6.07 Å². The smallest absolute Gasteiger partial charge is 0.231 e. The van der Waals surface area contributed by atoms with Gasteiger partial charge >= 0.3 is 0 Å². The minimum Gasteiger partial charge on any atom is -0.315 e. The fraction of sp³-hybridized carbons (Fsp3) is 0.333. The van der Waals surface area contributed by atoms with Crippen molar-refractivity contribution in [1.29, 1.82) is 0 Å². The molecule has 1 saturated heterocycles. The van der Waals surface area contributed by atoms with Crippen LogP contribution in [-0.4, -0.2) is 24.0 Å². The van der Waals surface area contributed by atoms with Gasteiger partial charge in [0.25, 0.3) is 0 Å². The quantitative estimate of drug-likeness (QED) is 0.671. The highest BCUT2D eigenvalue weighted by Gasteiger charge is 2.24. The first kappa shape index (κ1) is 9.08. The molecule has 14 heavy (non-hydrogen) atoms. The lowest BCUT2D eigenvalue weighted by Gasteiger charge is -2.25. The molecule has 0 spiro atoms. The lowest BCUT2D eigenvalue weighted by Crippen LogP contribution is -2.48. The molecule has 1 aromatic heterocycles. The highest BCUT2D eigenvalue weighted by atomic mass is 19.1. The van der Waals surface area contributed by atoms with E-state index in [9.17, 15) is 9.18 Å². The van der Waals surface area contributed by atoms with Gasteiger partial charge in [0.2, 0.25) is 11.9 Å². The third kappa shape index (κ3) is 1.88. The number of carbonyl (C=O) groups excluding carboxylic acids is 1. The van der Waals surface area contributed by atoms with Gasteiger partial charge < -0.3 is 10.6 Å². The first-order chi connectivity index (χ1) is 6.75. The molecule has 2 N–H and O–H groups in total. The Balaban J connectivity index is 1.99. The zero-order valence-electron chi connectivity index (χ0n) is 7.46. The van der Waals surface area contributed by atoms with Crippen molar-refractivity contribution in [3.63, 3.8) is 0 Å². The van der Waals surface area contributed by atoms with Crippen LogP contribution in [0.1, 0.15) is 0 Å². The summed E-state index contributed by atoms with van der Waals surface area (Å²) in [6, 6.07) is 4.31. The van der Waals surface area contributed by atoms with E-state index in [0.29, 0.717) is 13.1 Å². The lowest BCUT2D eigenvalue weighted by molar-refractivity contribution is -0.121. The minimum absolute atomic E-state index is 0.0138. The van der Waals surface area contributed by atoms with Crippen molar-refractivity contribution >= 4 is 11.7 Å². The normalized spacial score (nSPS) is 16.1. The van der Waals surface area contributed by atoms with Crippen molar-refractivity contribution in [2.75, 3.05) is 18.4 Å². The Morgan fingerprint density at radius 1 is 1.57 bits per heavy atom. The average Bonchev–Trinajstić information content (AvgIpc) is 1.99. The molecule has 0 aromatic carbocycles. The van der Waals surface area contributed by atoms with Gasteiger partial charge in [-0.05, 0) is 12.1 Å². The second kappa shape index (κ2) is 3.71. The van der Waals surface area contributed by atoms with E-state index in [0.717, 1.165) is 0 Å². The van der Waals surface area contributed by atoms with Gasteiger partial charge in [0.1, 0.15) is 5.82 Å². The van der Waals surface area contributed by atoms with Crippen LogP contribution in [0.2, 0.25) is 0 Å². The summed E-state index contributed by atoms with van der Waals surface area (Å²) >= 11 is 0. The van der Waals surface area contributed by atoms with Crippen molar-refractivity contribution in [3.05, 3.63) is 24.1 Å². The molecule has 0 atom stereocenters. The molecule has 2 heterocycles. The molecule has 74 valence electrons. The molecule has 4 nitrogen and oxygen atoms in total. The van der Waals surface area contributed by atoms with Gasteiger partial charge in [0.15, 0.2) is 0 Å². The summed E-state index contributed by atoms with van der Waals surface area (Å²) in [5.41, 5.74) is 0. The number of pyridine rings is 1. The molecule has 1 fully saturated rings. The summed E-state index contributed by atoms with van der Waals surface area (Å²) < 4.78 is 12.6. The standard InChI is InChI=1S/C9H10FN3O/c10-7-2-1-3-8(12-7)13-9(14)6-4-11-5-6/h1-3,6,11H,4-5H2,(H,12,13,14). The second-order valence-corrected chi connectivity index (χ2v) is 3.19. The molecule has 5 heteroatoms. The topological polar surface area (TPSA) is 54.0 Å². The Hall–Kier alpha value is -1.49. The number of aromatic nitrogens is 1. The molecular weight excluding hydrogens is 185 g/mol. The van der Waals surface area contributed by atoms with Crippen molar-refractivity contribution in [1.82, 2.24) is 10.3 Å². The number of rotatable bonds is 2. The second-order valence-electron chi connectivity index (χ2n) is 3.19. The summed E-state index contributed by atoms with van der Waals surface area (Å²) in [7, 11) is 0. The summed E-state index contributed by atoms with van der Waals surface area (Å²) in [6.07, 6.45) is 0. The zero-order chi connectivity index (χ0) is 9.97. The number of amides is 1. The van der Waals surface area contributed by atoms with Gasteiger partial charge in [-0.2, -0.15) is 4.39 Å². The molecule has 0 radical (unpaired) electrons. The van der Waals surface area contributed by atoms with Crippen molar-refractivity contribution in [3.8, 4) is 0 Å². The fourth-order valence-electron chi connectivity index (χ4n) is 1.18.